The van der Waals surface area contributed by atoms with Gasteiger partial charge in [0.2, 0.25) is 0 Å². The Kier molecular flexibility index (Phi) is 4.18. The Bertz CT molecular complexity index is 672. The van der Waals surface area contributed by atoms with Crippen molar-refractivity contribution in [1.82, 2.24) is 0 Å². The minimum absolute atomic E-state index is 0.0915. The van der Waals surface area contributed by atoms with Crippen molar-refractivity contribution in [3.63, 3.8) is 0 Å². The van der Waals surface area contributed by atoms with Crippen molar-refractivity contribution < 1.29 is 19.1 Å². The van der Waals surface area contributed by atoms with E-state index in [1.165, 1.54) is 12.5 Å². The molecule has 0 radical (unpaired) electrons. The number of Topliss-reactive ketones (excluding diaryl/α,β-unsaturated/α-hetero) is 1. The van der Waals surface area contributed by atoms with Crippen LogP contribution in [0.3, 0.4) is 0 Å². The van der Waals surface area contributed by atoms with Gasteiger partial charge in [-0.15, -0.1) is 0 Å². The molecule has 4 nitrogen and oxygen atoms in total. The summed E-state index contributed by atoms with van der Waals surface area (Å²) < 4.78 is 5.05. The maximum absolute atomic E-state index is 12.7. The maximum Gasteiger partial charge on any atom is 0.331 e. The summed E-state index contributed by atoms with van der Waals surface area (Å²) in [5.41, 5.74) is 0.617. The summed E-state index contributed by atoms with van der Waals surface area (Å²) >= 11 is 0. The highest BCUT2D eigenvalue weighted by atomic mass is 16.4. The topological polar surface area (TPSA) is 67.5 Å². The Balaban J connectivity index is 1.95. The molecule has 0 spiro atoms. The molecule has 1 aromatic heterocycles. The predicted octanol–water partition coefficient (Wildman–Crippen LogP) is 4.72. The monoisotopic (exact) mass is 330 g/mol. The second-order valence-electron chi connectivity index (χ2n) is 8.03. The SMILES string of the molecule is C[C@H]1CC[C@@]2(C)C(C(=O)O)=CCC[C@@H]2[C@@]1(C)CC(=O)c1ccoc1. The molecule has 0 saturated heterocycles. The van der Waals surface area contributed by atoms with Gasteiger partial charge >= 0.3 is 5.97 Å². The number of hydrogen-bond acceptors (Lipinski definition) is 3. The van der Waals surface area contributed by atoms with E-state index in [-0.39, 0.29) is 22.5 Å². The number of fused-ring (bicyclic) bond motifs is 1. The van der Waals surface area contributed by atoms with Crippen molar-refractivity contribution >= 4 is 11.8 Å². The van der Waals surface area contributed by atoms with Crippen LogP contribution >= 0.6 is 0 Å². The van der Waals surface area contributed by atoms with Crippen LogP contribution in [0.15, 0.2) is 34.7 Å². The van der Waals surface area contributed by atoms with Gasteiger partial charge in [-0.3, -0.25) is 4.79 Å². The Labute approximate surface area is 142 Å². The lowest BCUT2D eigenvalue weighted by molar-refractivity contribution is -0.136. The maximum atomic E-state index is 12.7. The summed E-state index contributed by atoms with van der Waals surface area (Å²) in [4.78, 5) is 24.5. The van der Waals surface area contributed by atoms with E-state index in [0.29, 0.717) is 23.5 Å². The summed E-state index contributed by atoms with van der Waals surface area (Å²) in [7, 11) is 0. The third-order valence-corrected chi connectivity index (χ3v) is 6.82. The Morgan fingerprint density at radius 1 is 1.33 bits per heavy atom. The largest absolute Gasteiger partial charge is 0.478 e. The molecule has 130 valence electrons. The molecule has 4 heteroatoms. The highest BCUT2D eigenvalue weighted by Gasteiger charge is 2.55. The molecule has 3 rings (SSSR count). The first-order chi connectivity index (χ1) is 11.3. The van der Waals surface area contributed by atoms with Gasteiger partial charge in [0.05, 0.1) is 11.8 Å². The van der Waals surface area contributed by atoms with E-state index in [9.17, 15) is 14.7 Å². The van der Waals surface area contributed by atoms with Gasteiger partial charge < -0.3 is 9.52 Å². The van der Waals surface area contributed by atoms with Gasteiger partial charge in [-0.1, -0.05) is 26.8 Å². The molecule has 4 atom stereocenters. The number of rotatable bonds is 4. The highest BCUT2D eigenvalue weighted by Crippen LogP contribution is 2.61. The van der Waals surface area contributed by atoms with E-state index in [0.717, 1.165) is 25.7 Å². The number of ketones is 1. The number of hydrogen-bond donors (Lipinski definition) is 1. The van der Waals surface area contributed by atoms with Crippen molar-refractivity contribution in [2.75, 3.05) is 0 Å². The Morgan fingerprint density at radius 2 is 2.08 bits per heavy atom. The average Bonchev–Trinajstić information content (AvgIpc) is 3.05. The Morgan fingerprint density at radius 3 is 2.71 bits per heavy atom. The van der Waals surface area contributed by atoms with Crippen LogP contribution in [0.4, 0.5) is 0 Å². The fourth-order valence-corrected chi connectivity index (χ4v) is 5.19. The van der Waals surface area contributed by atoms with Gasteiger partial charge in [0.15, 0.2) is 5.78 Å². The Hall–Kier alpha value is -1.84. The molecule has 1 N–H and O–H groups in total. The number of carboxylic acid groups (broad SMARTS) is 1. The number of carboxylic acids is 1. The second kappa shape index (κ2) is 5.91. The standard InChI is InChI=1S/C20H26O4/c1-13-7-9-19(2)15(18(22)23)5-4-6-17(19)20(13,3)11-16(21)14-8-10-24-12-14/h5,8,10,12-13,17H,4,6-7,9,11H2,1-3H3,(H,22,23)/t13-,17-,19-,20-/m0/s1. The number of furan rings is 1. The van der Waals surface area contributed by atoms with Crippen molar-refractivity contribution in [2.24, 2.45) is 22.7 Å². The summed E-state index contributed by atoms with van der Waals surface area (Å²) in [6.45, 7) is 6.48. The number of aliphatic carboxylic acids is 1. The van der Waals surface area contributed by atoms with Crippen LogP contribution in [0.2, 0.25) is 0 Å². The first-order valence-corrected chi connectivity index (χ1v) is 8.78. The second-order valence-corrected chi connectivity index (χ2v) is 8.03. The average molecular weight is 330 g/mol. The van der Waals surface area contributed by atoms with Crippen molar-refractivity contribution in [3.05, 3.63) is 35.8 Å². The normalized spacial score (nSPS) is 35.9. The minimum Gasteiger partial charge on any atom is -0.478 e. The van der Waals surface area contributed by atoms with E-state index in [1.807, 2.05) is 6.08 Å². The molecule has 0 unspecified atom stereocenters. The summed E-state index contributed by atoms with van der Waals surface area (Å²) in [6.07, 6.45) is 8.93. The molecule has 0 bridgehead atoms. The van der Waals surface area contributed by atoms with Crippen molar-refractivity contribution in [1.29, 1.82) is 0 Å². The smallest absolute Gasteiger partial charge is 0.331 e. The summed E-state index contributed by atoms with van der Waals surface area (Å²) in [5, 5.41) is 9.66. The zero-order valence-electron chi connectivity index (χ0n) is 14.7. The molecule has 1 fully saturated rings. The summed E-state index contributed by atoms with van der Waals surface area (Å²) in [6, 6.07) is 1.71. The van der Waals surface area contributed by atoms with Crippen LogP contribution in [0.5, 0.6) is 0 Å². The molecule has 0 aromatic carbocycles. The molecule has 1 saturated carbocycles. The van der Waals surface area contributed by atoms with Crippen molar-refractivity contribution in [3.8, 4) is 0 Å². The first-order valence-electron chi connectivity index (χ1n) is 8.78. The molecule has 1 heterocycles. The minimum atomic E-state index is -0.805. The molecular weight excluding hydrogens is 304 g/mol. The lowest BCUT2D eigenvalue weighted by atomic mass is 9.46. The quantitative estimate of drug-likeness (QED) is 0.811. The lowest BCUT2D eigenvalue weighted by Gasteiger charge is -2.57. The van der Waals surface area contributed by atoms with E-state index < -0.39 is 5.97 Å². The van der Waals surface area contributed by atoms with E-state index in [4.69, 9.17) is 4.42 Å². The first kappa shape index (κ1) is 17.0. The van der Waals surface area contributed by atoms with Crippen LogP contribution in [-0.4, -0.2) is 16.9 Å². The third kappa shape index (κ3) is 2.52. The van der Waals surface area contributed by atoms with Crippen LogP contribution in [-0.2, 0) is 4.79 Å². The van der Waals surface area contributed by atoms with Crippen LogP contribution in [0.25, 0.3) is 0 Å². The lowest BCUT2D eigenvalue weighted by Crippen LogP contribution is -2.51. The molecule has 0 amide bonds. The van der Waals surface area contributed by atoms with E-state index >= 15 is 0 Å². The van der Waals surface area contributed by atoms with Gasteiger partial charge in [-0.05, 0) is 49.0 Å². The van der Waals surface area contributed by atoms with Crippen LogP contribution in [0, 0.1) is 22.7 Å². The van der Waals surface area contributed by atoms with Crippen molar-refractivity contribution in [2.45, 2.75) is 52.9 Å². The predicted molar refractivity (Wildman–Crippen MR) is 90.7 cm³/mol. The fourth-order valence-electron chi connectivity index (χ4n) is 5.19. The molecule has 0 aliphatic heterocycles. The number of carbonyl (C=O) groups is 2. The van der Waals surface area contributed by atoms with Gasteiger partial charge in [-0.2, -0.15) is 0 Å². The van der Waals surface area contributed by atoms with Gasteiger partial charge in [-0.25, -0.2) is 4.79 Å². The van der Waals surface area contributed by atoms with E-state index in [2.05, 4.69) is 20.8 Å². The molecule has 2 aliphatic carbocycles. The van der Waals surface area contributed by atoms with Gasteiger partial charge in [0.25, 0.3) is 0 Å². The van der Waals surface area contributed by atoms with Crippen LogP contribution in [0.1, 0.15) is 63.2 Å². The molecule has 24 heavy (non-hydrogen) atoms. The molecule has 1 aromatic rings. The van der Waals surface area contributed by atoms with Gasteiger partial charge in [0, 0.05) is 17.4 Å². The number of allylic oxidation sites excluding steroid dienone is 1. The third-order valence-electron chi connectivity index (χ3n) is 6.82. The van der Waals surface area contributed by atoms with Crippen LogP contribution < -0.4 is 0 Å². The molecular formula is C20H26O4. The summed E-state index contributed by atoms with van der Waals surface area (Å²) in [5.74, 6) is -0.116. The van der Waals surface area contributed by atoms with E-state index in [1.54, 1.807) is 6.07 Å². The number of carbonyl (C=O) groups excluding carboxylic acids is 1. The zero-order valence-corrected chi connectivity index (χ0v) is 14.7. The molecule has 2 aliphatic rings. The fraction of sp³-hybridized carbons (Fsp3) is 0.600. The zero-order chi connectivity index (χ0) is 17.5. The van der Waals surface area contributed by atoms with Gasteiger partial charge in [0.1, 0.15) is 6.26 Å². The highest BCUT2D eigenvalue weighted by molar-refractivity contribution is 5.96.